The van der Waals surface area contributed by atoms with Crippen molar-refractivity contribution in [2.24, 2.45) is 14.1 Å². The van der Waals surface area contributed by atoms with E-state index in [0.29, 0.717) is 28.3 Å². The Labute approximate surface area is 194 Å². The Kier molecular flexibility index (Phi) is 7.50. The lowest BCUT2D eigenvalue weighted by Gasteiger charge is -2.17. The summed E-state index contributed by atoms with van der Waals surface area (Å²) in [5.74, 6) is 0.761. The maximum Gasteiger partial charge on any atom is 0.332 e. The molecule has 2 aromatic heterocycles. The van der Waals surface area contributed by atoms with E-state index in [0.717, 1.165) is 11.1 Å². The lowest BCUT2D eigenvalue weighted by Crippen LogP contribution is -2.38. The lowest BCUT2D eigenvalue weighted by molar-refractivity contribution is 0.0938. The minimum Gasteiger partial charge on any atom is -0.489 e. The van der Waals surface area contributed by atoms with Crippen LogP contribution in [0, 0.1) is 0 Å². The fourth-order valence-electron chi connectivity index (χ4n) is 3.19. The Morgan fingerprint density at radius 2 is 1.94 bits per heavy atom. The predicted molar refractivity (Wildman–Crippen MR) is 125 cm³/mol. The van der Waals surface area contributed by atoms with Gasteiger partial charge in [-0.25, -0.2) is 4.79 Å². The molecule has 12 heteroatoms. The molecule has 0 radical (unpaired) electrons. The average Bonchev–Trinajstić information content (AvgIpc) is 3.08. The SMILES string of the molecule is CN(C)CCNc1nc2c(c(=O)n(C)c(=O)n2C)n1CC(O)COc1ccc(Cl)cc1Cl. The Bertz CT molecular complexity index is 1230. The summed E-state index contributed by atoms with van der Waals surface area (Å²) in [5.41, 5.74) is -0.525. The normalized spacial score (nSPS) is 12.5. The summed E-state index contributed by atoms with van der Waals surface area (Å²) in [5, 5.41) is 14.6. The number of nitrogens with zero attached hydrogens (tertiary/aromatic N) is 5. The molecule has 1 unspecified atom stereocenters. The highest BCUT2D eigenvalue weighted by molar-refractivity contribution is 6.35. The lowest BCUT2D eigenvalue weighted by atomic mass is 10.3. The number of imidazole rings is 1. The van der Waals surface area contributed by atoms with E-state index in [4.69, 9.17) is 27.9 Å². The number of aryl methyl sites for hydroxylation is 1. The first-order valence-electron chi connectivity index (χ1n) is 9.91. The number of anilines is 1. The van der Waals surface area contributed by atoms with Gasteiger partial charge >= 0.3 is 5.69 Å². The van der Waals surface area contributed by atoms with Crippen LogP contribution >= 0.6 is 23.2 Å². The van der Waals surface area contributed by atoms with Crippen LogP contribution in [0.25, 0.3) is 11.2 Å². The van der Waals surface area contributed by atoms with Gasteiger partial charge in [-0.2, -0.15) is 4.98 Å². The molecule has 0 saturated carbocycles. The van der Waals surface area contributed by atoms with Crippen molar-refractivity contribution in [2.75, 3.05) is 39.1 Å². The molecule has 1 atom stereocenters. The standard InChI is InChI=1S/C20H26Cl2N6O4/c1-25(2)8-7-23-19-24-17-16(18(30)27(4)20(31)26(17)3)28(19)10-13(29)11-32-15-6-5-12(21)9-14(15)22/h5-6,9,13,29H,7-8,10-11H2,1-4H3,(H,23,24). The third-order valence-corrected chi connectivity index (χ3v) is 5.44. The van der Waals surface area contributed by atoms with Gasteiger partial charge in [0.15, 0.2) is 11.2 Å². The van der Waals surface area contributed by atoms with Crippen LogP contribution in [0.15, 0.2) is 27.8 Å². The van der Waals surface area contributed by atoms with Gasteiger partial charge in [0.25, 0.3) is 5.56 Å². The average molecular weight is 485 g/mol. The Morgan fingerprint density at radius 1 is 1.22 bits per heavy atom. The van der Waals surface area contributed by atoms with E-state index in [1.807, 2.05) is 19.0 Å². The van der Waals surface area contributed by atoms with Crippen molar-refractivity contribution in [1.82, 2.24) is 23.6 Å². The van der Waals surface area contributed by atoms with Crippen molar-refractivity contribution >= 4 is 40.3 Å². The van der Waals surface area contributed by atoms with Gasteiger partial charge in [0.1, 0.15) is 18.5 Å². The number of hydrogen-bond acceptors (Lipinski definition) is 7. The Hall–Kier alpha value is -2.53. The van der Waals surface area contributed by atoms with Crippen LogP contribution in [0.4, 0.5) is 5.95 Å². The van der Waals surface area contributed by atoms with Crippen molar-refractivity contribution in [1.29, 1.82) is 0 Å². The Morgan fingerprint density at radius 3 is 2.59 bits per heavy atom. The van der Waals surface area contributed by atoms with Crippen LogP contribution in [0.5, 0.6) is 5.75 Å². The maximum atomic E-state index is 12.9. The van der Waals surface area contributed by atoms with Crippen molar-refractivity contribution in [3.63, 3.8) is 0 Å². The minimum absolute atomic E-state index is 0.0133. The van der Waals surface area contributed by atoms with Crippen LogP contribution in [-0.2, 0) is 20.6 Å². The molecule has 32 heavy (non-hydrogen) atoms. The van der Waals surface area contributed by atoms with E-state index in [9.17, 15) is 14.7 Å². The van der Waals surface area contributed by atoms with E-state index in [1.54, 1.807) is 29.8 Å². The monoisotopic (exact) mass is 484 g/mol. The van der Waals surface area contributed by atoms with E-state index in [2.05, 4.69) is 10.3 Å². The first-order chi connectivity index (χ1) is 15.1. The molecule has 3 rings (SSSR count). The van der Waals surface area contributed by atoms with Gasteiger partial charge in [-0.3, -0.25) is 13.9 Å². The highest BCUT2D eigenvalue weighted by Crippen LogP contribution is 2.27. The summed E-state index contributed by atoms with van der Waals surface area (Å²) in [4.78, 5) is 31.6. The van der Waals surface area contributed by atoms with Crippen molar-refractivity contribution in [2.45, 2.75) is 12.6 Å². The molecule has 1 aromatic carbocycles. The zero-order chi connectivity index (χ0) is 23.6. The number of aromatic nitrogens is 4. The summed E-state index contributed by atoms with van der Waals surface area (Å²) < 4.78 is 9.52. The molecule has 10 nitrogen and oxygen atoms in total. The largest absolute Gasteiger partial charge is 0.489 e. The van der Waals surface area contributed by atoms with Crippen LogP contribution in [0.3, 0.4) is 0 Å². The fourth-order valence-corrected chi connectivity index (χ4v) is 3.66. The summed E-state index contributed by atoms with van der Waals surface area (Å²) in [6.45, 7) is 1.21. The first kappa shape index (κ1) is 24.1. The second-order valence-electron chi connectivity index (χ2n) is 7.69. The number of halogens is 2. The number of hydrogen-bond donors (Lipinski definition) is 2. The van der Waals surface area contributed by atoms with Crippen LogP contribution in [0.2, 0.25) is 10.0 Å². The molecule has 0 fully saturated rings. The van der Waals surface area contributed by atoms with E-state index >= 15 is 0 Å². The second-order valence-corrected chi connectivity index (χ2v) is 8.54. The summed E-state index contributed by atoms with van der Waals surface area (Å²) in [6.07, 6.45) is -0.990. The molecule has 0 aliphatic rings. The van der Waals surface area contributed by atoms with Gasteiger partial charge in [-0.1, -0.05) is 23.2 Å². The topological polar surface area (TPSA) is 107 Å². The third-order valence-electron chi connectivity index (χ3n) is 4.91. The molecule has 0 aliphatic heterocycles. The molecule has 0 aliphatic carbocycles. The van der Waals surface area contributed by atoms with Gasteiger partial charge in [0.05, 0.1) is 11.6 Å². The predicted octanol–water partition coefficient (Wildman–Crippen LogP) is 1.15. The van der Waals surface area contributed by atoms with E-state index < -0.39 is 17.4 Å². The summed E-state index contributed by atoms with van der Waals surface area (Å²) in [7, 11) is 6.83. The van der Waals surface area contributed by atoms with Gasteiger partial charge in [0.2, 0.25) is 5.95 Å². The molecular formula is C20H26Cl2N6O4. The number of rotatable bonds is 9. The highest BCUT2D eigenvalue weighted by Gasteiger charge is 2.21. The molecule has 2 N–H and O–H groups in total. The first-order valence-corrected chi connectivity index (χ1v) is 10.7. The minimum atomic E-state index is -0.990. The number of ether oxygens (including phenoxy) is 1. The molecule has 0 bridgehead atoms. The van der Waals surface area contributed by atoms with Gasteiger partial charge in [-0.05, 0) is 32.3 Å². The molecule has 3 aromatic rings. The van der Waals surface area contributed by atoms with Crippen LogP contribution in [0.1, 0.15) is 0 Å². The van der Waals surface area contributed by atoms with Crippen molar-refractivity contribution in [3.8, 4) is 5.75 Å². The number of aliphatic hydroxyl groups excluding tert-OH is 1. The molecule has 174 valence electrons. The molecular weight excluding hydrogens is 459 g/mol. The molecule has 0 amide bonds. The number of aliphatic hydroxyl groups is 1. The smallest absolute Gasteiger partial charge is 0.332 e. The second kappa shape index (κ2) is 9.95. The fraction of sp³-hybridized carbons (Fsp3) is 0.450. The van der Waals surface area contributed by atoms with Gasteiger partial charge < -0.3 is 24.6 Å². The zero-order valence-electron chi connectivity index (χ0n) is 18.3. The third kappa shape index (κ3) is 5.09. The zero-order valence-corrected chi connectivity index (χ0v) is 19.8. The summed E-state index contributed by atoms with van der Waals surface area (Å²) in [6, 6.07) is 4.80. The molecule has 0 spiro atoms. The number of fused-ring (bicyclic) bond motifs is 1. The molecule has 0 saturated heterocycles. The van der Waals surface area contributed by atoms with E-state index in [-0.39, 0.29) is 24.3 Å². The van der Waals surface area contributed by atoms with Gasteiger partial charge in [0, 0.05) is 32.2 Å². The van der Waals surface area contributed by atoms with Gasteiger partial charge in [-0.15, -0.1) is 0 Å². The number of likely N-dealkylation sites (N-methyl/N-ethyl adjacent to an activating group) is 1. The molecule has 2 heterocycles. The van der Waals surface area contributed by atoms with E-state index in [1.165, 1.54) is 11.6 Å². The van der Waals surface area contributed by atoms with Crippen molar-refractivity contribution in [3.05, 3.63) is 49.1 Å². The van der Waals surface area contributed by atoms with Crippen LogP contribution in [-0.4, -0.2) is 68.6 Å². The number of benzene rings is 1. The quantitative estimate of drug-likeness (QED) is 0.469. The number of nitrogens with one attached hydrogen (secondary N) is 1. The maximum absolute atomic E-state index is 12.9. The highest BCUT2D eigenvalue weighted by atomic mass is 35.5. The summed E-state index contributed by atoms with van der Waals surface area (Å²) >= 11 is 12.0. The van der Waals surface area contributed by atoms with Crippen molar-refractivity contribution < 1.29 is 9.84 Å². The Balaban J connectivity index is 1.91. The van der Waals surface area contributed by atoms with Crippen LogP contribution < -0.4 is 21.3 Å².